The SMILES string of the molecule is CC(C)(C)OC(=O)N1C[C@@H]2CC3CC3(C1)C2=Nc1ccc(CN2CCOCC2)cc1. The smallest absolute Gasteiger partial charge is 0.410 e. The summed E-state index contributed by atoms with van der Waals surface area (Å²) in [5.41, 5.74) is 3.35. The summed E-state index contributed by atoms with van der Waals surface area (Å²) in [6.07, 6.45) is 2.15. The molecule has 0 N–H and O–H groups in total. The molecule has 1 spiro atoms. The number of fused-ring (bicyclic) bond motifs is 1. The van der Waals surface area contributed by atoms with Crippen molar-refractivity contribution in [3.05, 3.63) is 29.8 Å². The summed E-state index contributed by atoms with van der Waals surface area (Å²) in [5, 5.41) is 0. The highest BCUT2D eigenvalue weighted by Gasteiger charge is 2.68. The second kappa shape index (κ2) is 7.34. The lowest BCUT2D eigenvalue weighted by atomic mass is 9.89. The van der Waals surface area contributed by atoms with Crippen molar-refractivity contribution in [3.63, 3.8) is 0 Å². The Labute approximate surface area is 179 Å². The fourth-order valence-electron chi connectivity index (χ4n) is 5.47. The summed E-state index contributed by atoms with van der Waals surface area (Å²) in [6.45, 7) is 11.9. The molecule has 4 aliphatic rings. The maximum absolute atomic E-state index is 12.6. The molecule has 6 heteroatoms. The zero-order valence-corrected chi connectivity index (χ0v) is 18.4. The normalized spacial score (nSPS) is 32.2. The summed E-state index contributed by atoms with van der Waals surface area (Å²) in [5.74, 6) is 1.06. The van der Waals surface area contributed by atoms with Crippen LogP contribution < -0.4 is 0 Å². The van der Waals surface area contributed by atoms with Crippen molar-refractivity contribution in [2.75, 3.05) is 39.4 Å². The van der Waals surface area contributed by atoms with Crippen LogP contribution in [0.3, 0.4) is 0 Å². The Kier molecular flexibility index (Phi) is 4.90. The van der Waals surface area contributed by atoms with Gasteiger partial charge in [0.05, 0.1) is 18.9 Å². The number of hydrogen-bond donors (Lipinski definition) is 0. The number of benzene rings is 1. The van der Waals surface area contributed by atoms with Crippen LogP contribution in [0.25, 0.3) is 0 Å². The van der Waals surface area contributed by atoms with Gasteiger partial charge in [-0.25, -0.2) is 4.79 Å². The van der Waals surface area contributed by atoms with Crippen molar-refractivity contribution in [1.82, 2.24) is 9.80 Å². The van der Waals surface area contributed by atoms with Gasteiger partial charge in [0.1, 0.15) is 5.60 Å². The van der Waals surface area contributed by atoms with E-state index in [1.165, 1.54) is 11.3 Å². The van der Waals surface area contributed by atoms with Crippen LogP contribution in [0.15, 0.2) is 29.3 Å². The lowest BCUT2D eigenvalue weighted by Gasteiger charge is -2.37. The van der Waals surface area contributed by atoms with Gasteiger partial charge in [0.15, 0.2) is 0 Å². The predicted molar refractivity (Wildman–Crippen MR) is 116 cm³/mol. The fraction of sp³-hybridized carbons (Fsp3) is 0.667. The van der Waals surface area contributed by atoms with E-state index in [0.29, 0.717) is 11.8 Å². The third kappa shape index (κ3) is 3.87. The molecule has 0 aromatic heterocycles. The van der Waals surface area contributed by atoms with E-state index in [-0.39, 0.29) is 11.5 Å². The van der Waals surface area contributed by atoms with Gasteiger partial charge in [-0.3, -0.25) is 9.89 Å². The maximum atomic E-state index is 12.6. The van der Waals surface area contributed by atoms with Gasteiger partial charge in [-0.15, -0.1) is 0 Å². The molecule has 2 unspecified atom stereocenters. The number of carbonyl (C=O) groups excluding carboxylic acids is 1. The molecule has 30 heavy (non-hydrogen) atoms. The Hall–Kier alpha value is -1.92. The number of piperidine rings is 1. The van der Waals surface area contributed by atoms with Crippen LogP contribution in [0.2, 0.25) is 0 Å². The standard InChI is InChI=1S/C24H33N3O3/c1-23(2,3)30-22(28)27-15-18-12-19-13-24(19,16-27)21(18)25-20-6-4-17(5-7-20)14-26-8-10-29-11-9-26/h4-7,18-19H,8-16H2,1-3H3/t18-,19?,24?/m0/s1. The minimum atomic E-state index is -0.450. The molecule has 0 radical (unpaired) electrons. The van der Waals surface area contributed by atoms with E-state index in [9.17, 15) is 4.79 Å². The van der Waals surface area contributed by atoms with E-state index in [1.54, 1.807) is 0 Å². The Morgan fingerprint density at radius 2 is 1.97 bits per heavy atom. The first-order chi connectivity index (χ1) is 14.3. The summed E-state index contributed by atoms with van der Waals surface area (Å²) in [4.78, 5) is 22.1. The molecule has 3 atom stereocenters. The van der Waals surface area contributed by atoms with E-state index in [1.807, 2.05) is 25.7 Å². The molecule has 5 rings (SSSR count). The Morgan fingerprint density at radius 1 is 1.23 bits per heavy atom. The van der Waals surface area contributed by atoms with Crippen LogP contribution in [0, 0.1) is 17.3 Å². The minimum Gasteiger partial charge on any atom is -0.444 e. The van der Waals surface area contributed by atoms with Gasteiger partial charge in [0, 0.05) is 49.8 Å². The molecule has 2 bridgehead atoms. The second-order valence-electron chi connectivity index (χ2n) is 10.4. The molecule has 4 fully saturated rings. The van der Waals surface area contributed by atoms with Crippen molar-refractivity contribution in [3.8, 4) is 0 Å². The first-order valence-electron chi connectivity index (χ1n) is 11.3. The quantitative estimate of drug-likeness (QED) is 0.758. The van der Waals surface area contributed by atoms with Crippen LogP contribution >= 0.6 is 0 Å². The summed E-state index contributed by atoms with van der Waals surface area (Å²) < 4.78 is 11.1. The first-order valence-corrected chi connectivity index (χ1v) is 11.3. The summed E-state index contributed by atoms with van der Waals surface area (Å²) in [6, 6.07) is 8.70. The van der Waals surface area contributed by atoms with E-state index < -0.39 is 5.60 Å². The average Bonchev–Trinajstić information content (AvgIpc) is 3.32. The molecular weight excluding hydrogens is 378 g/mol. The summed E-state index contributed by atoms with van der Waals surface area (Å²) >= 11 is 0. The highest BCUT2D eigenvalue weighted by molar-refractivity contribution is 6.01. The molecule has 1 aromatic rings. The number of ether oxygens (including phenoxy) is 2. The molecule has 1 aromatic carbocycles. The average molecular weight is 412 g/mol. The van der Waals surface area contributed by atoms with Crippen LogP contribution in [-0.4, -0.2) is 66.6 Å². The minimum absolute atomic E-state index is 0.103. The molecule has 2 heterocycles. The monoisotopic (exact) mass is 411 g/mol. The number of rotatable bonds is 3. The van der Waals surface area contributed by atoms with Crippen molar-refractivity contribution >= 4 is 17.5 Å². The summed E-state index contributed by atoms with van der Waals surface area (Å²) in [7, 11) is 0. The van der Waals surface area contributed by atoms with Gasteiger partial charge in [-0.2, -0.15) is 0 Å². The van der Waals surface area contributed by atoms with Gasteiger partial charge in [0.2, 0.25) is 0 Å². The Morgan fingerprint density at radius 3 is 2.63 bits per heavy atom. The Bertz CT molecular complexity index is 838. The van der Waals surface area contributed by atoms with E-state index >= 15 is 0 Å². The zero-order chi connectivity index (χ0) is 20.9. The number of likely N-dealkylation sites (tertiary alicyclic amines) is 1. The van der Waals surface area contributed by atoms with Crippen LogP contribution in [-0.2, 0) is 16.0 Å². The molecule has 2 saturated carbocycles. The van der Waals surface area contributed by atoms with Gasteiger partial charge in [-0.1, -0.05) is 12.1 Å². The highest BCUT2D eigenvalue weighted by Crippen LogP contribution is 2.66. The highest BCUT2D eigenvalue weighted by atomic mass is 16.6. The van der Waals surface area contributed by atoms with Crippen molar-refractivity contribution in [1.29, 1.82) is 0 Å². The maximum Gasteiger partial charge on any atom is 0.410 e. The fourth-order valence-corrected chi connectivity index (χ4v) is 5.47. The third-order valence-corrected chi connectivity index (χ3v) is 6.96. The number of morpholine rings is 1. The molecule has 6 nitrogen and oxygen atoms in total. The Balaban J connectivity index is 1.27. The van der Waals surface area contributed by atoms with E-state index in [2.05, 4.69) is 29.2 Å². The molecule has 1 amide bonds. The molecule has 2 aliphatic carbocycles. The predicted octanol–water partition coefficient (Wildman–Crippen LogP) is 3.87. The molecule has 2 aliphatic heterocycles. The molecule has 2 saturated heterocycles. The number of hydrogen-bond acceptors (Lipinski definition) is 5. The first kappa shape index (κ1) is 20.0. The van der Waals surface area contributed by atoms with Crippen LogP contribution in [0.5, 0.6) is 0 Å². The number of carbonyl (C=O) groups is 1. The van der Waals surface area contributed by atoms with Gasteiger partial charge in [-0.05, 0) is 57.2 Å². The van der Waals surface area contributed by atoms with Gasteiger partial charge >= 0.3 is 6.09 Å². The lowest BCUT2D eigenvalue weighted by molar-refractivity contribution is 0.0202. The van der Waals surface area contributed by atoms with Gasteiger partial charge < -0.3 is 14.4 Å². The van der Waals surface area contributed by atoms with Crippen molar-refractivity contribution < 1.29 is 14.3 Å². The molecular formula is C24H33N3O3. The van der Waals surface area contributed by atoms with Crippen LogP contribution in [0.1, 0.15) is 39.2 Å². The topological polar surface area (TPSA) is 54.4 Å². The van der Waals surface area contributed by atoms with E-state index in [0.717, 1.165) is 64.5 Å². The number of nitrogens with zero attached hydrogens (tertiary/aromatic N) is 3. The van der Waals surface area contributed by atoms with Crippen LogP contribution in [0.4, 0.5) is 10.5 Å². The number of amides is 1. The van der Waals surface area contributed by atoms with E-state index in [4.69, 9.17) is 14.5 Å². The third-order valence-electron chi connectivity index (χ3n) is 6.96. The van der Waals surface area contributed by atoms with Crippen molar-refractivity contribution in [2.45, 2.75) is 45.8 Å². The second-order valence-corrected chi connectivity index (χ2v) is 10.4. The molecule has 162 valence electrons. The van der Waals surface area contributed by atoms with Gasteiger partial charge in [0.25, 0.3) is 0 Å². The largest absolute Gasteiger partial charge is 0.444 e. The number of aliphatic imine (C=N–C) groups is 1. The lowest BCUT2D eigenvalue weighted by Crippen LogP contribution is -2.49. The van der Waals surface area contributed by atoms with Crippen molar-refractivity contribution in [2.24, 2.45) is 22.2 Å². The zero-order valence-electron chi connectivity index (χ0n) is 18.4.